The lowest BCUT2D eigenvalue weighted by Gasteiger charge is -2.07. The minimum absolute atomic E-state index is 0.488. The van der Waals surface area contributed by atoms with Gasteiger partial charge < -0.3 is 4.74 Å². The van der Waals surface area contributed by atoms with Crippen LogP contribution in [0.4, 0.5) is 0 Å². The van der Waals surface area contributed by atoms with Crippen LogP contribution in [0.15, 0.2) is 30.3 Å². The van der Waals surface area contributed by atoms with Crippen LogP contribution in [0.25, 0.3) is 10.9 Å². The monoisotopic (exact) mass is 221 g/mol. The van der Waals surface area contributed by atoms with Crippen molar-refractivity contribution >= 4 is 22.5 Å². The molecule has 0 spiro atoms. The van der Waals surface area contributed by atoms with Crippen molar-refractivity contribution in [3.05, 3.63) is 36.0 Å². The summed E-state index contributed by atoms with van der Waals surface area (Å²) in [6.45, 7) is 2.48. The van der Waals surface area contributed by atoms with Crippen molar-refractivity contribution in [2.75, 3.05) is 12.5 Å². The molecule has 0 saturated carbocycles. The zero-order chi connectivity index (χ0) is 10.7. The van der Waals surface area contributed by atoms with Crippen molar-refractivity contribution in [2.24, 2.45) is 0 Å². The van der Waals surface area contributed by atoms with Gasteiger partial charge in [-0.05, 0) is 19.1 Å². The summed E-state index contributed by atoms with van der Waals surface area (Å²) in [6, 6.07) is 9.94. The zero-order valence-electron chi connectivity index (χ0n) is 8.53. The van der Waals surface area contributed by atoms with Crippen LogP contribution in [0.5, 0.6) is 5.75 Å². The van der Waals surface area contributed by atoms with Gasteiger partial charge in [0, 0.05) is 11.1 Å². The highest BCUT2D eigenvalue weighted by molar-refractivity contribution is 6.18. The van der Waals surface area contributed by atoms with Crippen molar-refractivity contribution < 1.29 is 4.74 Å². The van der Waals surface area contributed by atoms with E-state index in [1.165, 1.54) is 0 Å². The first-order chi connectivity index (χ1) is 7.31. The van der Waals surface area contributed by atoms with E-state index in [9.17, 15) is 0 Å². The highest BCUT2D eigenvalue weighted by Crippen LogP contribution is 2.23. The number of benzene rings is 1. The van der Waals surface area contributed by atoms with Crippen molar-refractivity contribution in [3.8, 4) is 5.75 Å². The first-order valence-electron chi connectivity index (χ1n) is 4.86. The molecule has 15 heavy (non-hydrogen) atoms. The number of rotatable bonds is 3. The minimum atomic E-state index is 0.488. The Kier molecular flexibility index (Phi) is 3.07. The van der Waals surface area contributed by atoms with Gasteiger partial charge in [-0.15, -0.1) is 11.6 Å². The van der Waals surface area contributed by atoms with E-state index < -0.39 is 0 Å². The van der Waals surface area contributed by atoms with Crippen LogP contribution in [0, 0.1) is 6.92 Å². The van der Waals surface area contributed by atoms with E-state index in [4.69, 9.17) is 16.3 Å². The zero-order valence-corrected chi connectivity index (χ0v) is 9.29. The number of aromatic nitrogens is 1. The molecule has 0 aliphatic rings. The second-order valence-electron chi connectivity index (χ2n) is 3.32. The molecular formula is C12H12ClNO. The number of hydrogen-bond donors (Lipinski definition) is 0. The highest BCUT2D eigenvalue weighted by Gasteiger charge is 2.02. The number of alkyl halides is 1. The Balaban J connectivity index is 2.48. The molecule has 1 heterocycles. The molecule has 0 atom stereocenters. The Morgan fingerprint density at radius 3 is 2.93 bits per heavy atom. The summed E-state index contributed by atoms with van der Waals surface area (Å²) in [5, 5.41) is 1.09. The van der Waals surface area contributed by atoms with E-state index in [0.717, 1.165) is 22.3 Å². The summed E-state index contributed by atoms with van der Waals surface area (Å²) in [5.74, 6) is 1.29. The molecule has 0 unspecified atom stereocenters. The first-order valence-corrected chi connectivity index (χ1v) is 5.40. The molecule has 0 saturated heterocycles. The van der Waals surface area contributed by atoms with E-state index in [1.54, 1.807) is 0 Å². The Bertz CT molecular complexity index is 470. The number of nitrogens with zero attached hydrogens (tertiary/aromatic N) is 1. The summed E-state index contributed by atoms with van der Waals surface area (Å²) in [4.78, 5) is 4.46. The van der Waals surface area contributed by atoms with Gasteiger partial charge in [0.2, 0.25) is 0 Å². The average molecular weight is 222 g/mol. The predicted octanol–water partition coefficient (Wildman–Crippen LogP) is 3.16. The maximum atomic E-state index is 5.59. The predicted molar refractivity (Wildman–Crippen MR) is 62.7 cm³/mol. The number of hydrogen-bond acceptors (Lipinski definition) is 2. The van der Waals surface area contributed by atoms with Crippen molar-refractivity contribution in [1.82, 2.24) is 4.98 Å². The van der Waals surface area contributed by atoms with Crippen LogP contribution in [0.2, 0.25) is 0 Å². The smallest absolute Gasteiger partial charge is 0.145 e. The van der Waals surface area contributed by atoms with Gasteiger partial charge in [-0.2, -0.15) is 0 Å². The minimum Gasteiger partial charge on any atom is -0.490 e. The molecule has 1 aromatic heterocycles. The van der Waals surface area contributed by atoms with Gasteiger partial charge in [-0.1, -0.05) is 18.2 Å². The Morgan fingerprint density at radius 2 is 2.13 bits per heavy atom. The topological polar surface area (TPSA) is 22.1 Å². The Morgan fingerprint density at radius 1 is 1.27 bits per heavy atom. The number of halogens is 1. The lowest BCUT2D eigenvalue weighted by Crippen LogP contribution is -1.99. The third kappa shape index (κ3) is 2.21. The average Bonchev–Trinajstić information content (AvgIpc) is 2.26. The molecule has 2 nitrogen and oxygen atoms in total. The number of para-hydroxylation sites is 1. The number of fused-ring (bicyclic) bond motifs is 1. The maximum Gasteiger partial charge on any atom is 0.145 e. The van der Waals surface area contributed by atoms with Gasteiger partial charge in [0.15, 0.2) is 0 Å². The van der Waals surface area contributed by atoms with Gasteiger partial charge in [0.05, 0.1) is 5.88 Å². The fourth-order valence-electron chi connectivity index (χ4n) is 1.48. The molecule has 2 rings (SSSR count). The summed E-state index contributed by atoms with van der Waals surface area (Å²) in [7, 11) is 0. The van der Waals surface area contributed by atoms with Crippen LogP contribution in [-0.4, -0.2) is 17.5 Å². The van der Waals surface area contributed by atoms with Crippen molar-refractivity contribution in [1.29, 1.82) is 0 Å². The quantitative estimate of drug-likeness (QED) is 0.743. The molecule has 0 aliphatic carbocycles. The Hall–Kier alpha value is -1.28. The normalized spacial score (nSPS) is 10.5. The van der Waals surface area contributed by atoms with Crippen LogP contribution in [0.3, 0.4) is 0 Å². The van der Waals surface area contributed by atoms with Gasteiger partial charge in [-0.25, -0.2) is 4.98 Å². The molecule has 1 aromatic carbocycles. The molecule has 78 valence electrons. The van der Waals surface area contributed by atoms with Crippen molar-refractivity contribution in [3.63, 3.8) is 0 Å². The highest BCUT2D eigenvalue weighted by atomic mass is 35.5. The first kappa shape index (κ1) is 10.2. The molecular weight excluding hydrogens is 210 g/mol. The fraction of sp³-hybridized carbons (Fsp3) is 0.250. The van der Waals surface area contributed by atoms with E-state index >= 15 is 0 Å². The van der Waals surface area contributed by atoms with Crippen LogP contribution < -0.4 is 4.74 Å². The van der Waals surface area contributed by atoms with E-state index in [1.807, 2.05) is 37.3 Å². The van der Waals surface area contributed by atoms with E-state index in [2.05, 4.69) is 4.98 Å². The molecule has 3 heteroatoms. The summed E-state index contributed by atoms with van der Waals surface area (Å²) < 4.78 is 5.53. The summed E-state index contributed by atoms with van der Waals surface area (Å²) in [5.41, 5.74) is 1.90. The van der Waals surface area contributed by atoms with Crippen LogP contribution in [0.1, 0.15) is 5.69 Å². The third-order valence-corrected chi connectivity index (χ3v) is 2.31. The van der Waals surface area contributed by atoms with Gasteiger partial charge in [0.1, 0.15) is 17.9 Å². The van der Waals surface area contributed by atoms with E-state index in [-0.39, 0.29) is 0 Å². The molecule has 0 N–H and O–H groups in total. The van der Waals surface area contributed by atoms with Gasteiger partial charge >= 0.3 is 0 Å². The second-order valence-corrected chi connectivity index (χ2v) is 3.70. The molecule has 2 aromatic rings. The standard InChI is InChI=1S/C12H12ClNO/c1-9-5-6-10-3-2-4-11(12(10)14-9)15-8-7-13/h2-6H,7-8H2,1H3. The number of pyridine rings is 1. The van der Waals surface area contributed by atoms with Crippen LogP contribution >= 0.6 is 11.6 Å². The fourth-order valence-corrected chi connectivity index (χ4v) is 1.56. The lowest BCUT2D eigenvalue weighted by atomic mass is 10.2. The largest absolute Gasteiger partial charge is 0.490 e. The van der Waals surface area contributed by atoms with Crippen LogP contribution in [-0.2, 0) is 0 Å². The molecule has 0 aliphatic heterocycles. The molecule has 0 fully saturated rings. The van der Waals surface area contributed by atoms with Gasteiger partial charge in [-0.3, -0.25) is 0 Å². The number of ether oxygens (including phenoxy) is 1. The second kappa shape index (κ2) is 4.49. The van der Waals surface area contributed by atoms with Crippen molar-refractivity contribution in [2.45, 2.75) is 6.92 Å². The Labute approximate surface area is 93.8 Å². The lowest BCUT2D eigenvalue weighted by molar-refractivity contribution is 0.346. The summed E-state index contributed by atoms with van der Waals surface area (Å²) in [6.07, 6.45) is 0. The molecule has 0 amide bonds. The maximum absolute atomic E-state index is 5.59. The SMILES string of the molecule is Cc1ccc2cccc(OCCCl)c2n1. The molecule has 0 bridgehead atoms. The van der Waals surface area contributed by atoms with E-state index in [0.29, 0.717) is 12.5 Å². The summed E-state index contributed by atoms with van der Waals surface area (Å²) >= 11 is 5.59. The van der Waals surface area contributed by atoms with Gasteiger partial charge in [0.25, 0.3) is 0 Å². The number of aryl methyl sites for hydroxylation is 1. The molecule has 0 radical (unpaired) electrons. The third-order valence-electron chi connectivity index (χ3n) is 2.16.